The Morgan fingerprint density at radius 1 is 1.22 bits per heavy atom. The van der Waals surface area contributed by atoms with Crippen LogP contribution in [0, 0.1) is 11.8 Å². The summed E-state index contributed by atoms with van der Waals surface area (Å²) in [6.45, 7) is 5.37. The highest BCUT2D eigenvalue weighted by molar-refractivity contribution is 5.79. The zero-order valence-corrected chi connectivity index (χ0v) is 15.1. The van der Waals surface area contributed by atoms with Crippen LogP contribution < -0.4 is 15.5 Å². The largest absolute Gasteiger partial charge is 0.363 e. The number of aromatic nitrogens is 1. The lowest BCUT2D eigenvalue weighted by atomic mass is 9.80. The molecule has 128 valence electrons. The molecule has 0 aliphatic heterocycles. The molecule has 1 aromatic heterocycles. The van der Waals surface area contributed by atoms with Crippen LogP contribution in [0.5, 0.6) is 0 Å². The lowest BCUT2D eigenvalue weighted by Gasteiger charge is -2.32. The van der Waals surface area contributed by atoms with Crippen molar-refractivity contribution in [3.63, 3.8) is 0 Å². The molecule has 0 saturated heterocycles. The number of anilines is 1. The zero-order chi connectivity index (χ0) is 16.8. The average Bonchev–Trinajstić information content (AvgIpc) is 2.50. The Kier molecular flexibility index (Phi) is 6.25. The Bertz CT molecular complexity index is 516. The third-order valence-electron chi connectivity index (χ3n) is 4.43. The first-order valence-electron chi connectivity index (χ1n) is 8.58. The first kappa shape index (κ1) is 17.6. The van der Waals surface area contributed by atoms with Crippen LogP contribution in [0.15, 0.2) is 23.2 Å². The van der Waals surface area contributed by atoms with Gasteiger partial charge in [-0.15, -0.1) is 0 Å². The maximum absolute atomic E-state index is 4.63. The van der Waals surface area contributed by atoms with E-state index in [1.54, 1.807) is 0 Å². The van der Waals surface area contributed by atoms with E-state index in [4.69, 9.17) is 0 Å². The number of hydrogen-bond acceptors (Lipinski definition) is 3. The van der Waals surface area contributed by atoms with Crippen LogP contribution in [0.4, 0.5) is 5.82 Å². The van der Waals surface area contributed by atoms with E-state index in [1.807, 2.05) is 44.2 Å². The molecule has 1 fully saturated rings. The van der Waals surface area contributed by atoms with Gasteiger partial charge in [0, 0.05) is 27.2 Å². The molecule has 2 N–H and O–H groups in total. The summed E-state index contributed by atoms with van der Waals surface area (Å²) in [5.41, 5.74) is 1.02. The van der Waals surface area contributed by atoms with Crippen LogP contribution in [-0.2, 0) is 6.54 Å². The summed E-state index contributed by atoms with van der Waals surface area (Å²) in [6.07, 6.45) is 3.78. The van der Waals surface area contributed by atoms with Gasteiger partial charge in [-0.05, 0) is 43.2 Å². The summed E-state index contributed by atoms with van der Waals surface area (Å²) in [4.78, 5) is 11.0. The summed E-state index contributed by atoms with van der Waals surface area (Å²) < 4.78 is 0. The van der Waals surface area contributed by atoms with E-state index in [1.165, 1.54) is 19.3 Å². The van der Waals surface area contributed by atoms with Crippen molar-refractivity contribution in [1.82, 2.24) is 15.6 Å². The van der Waals surface area contributed by atoms with Gasteiger partial charge in [-0.1, -0.05) is 19.9 Å². The number of aliphatic imine (C=N–C) groups is 1. The van der Waals surface area contributed by atoms with Crippen LogP contribution >= 0.6 is 0 Å². The monoisotopic (exact) mass is 317 g/mol. The topological polar surface area (TPSA) is 52.6 Å². The minimum Gasteiger partial charge on any atom is -0.363 e. The van der Waals surface area contributed by atoms with E-state index < -0.39 is 0 Å². The number of guanidine groups is 1. The van der Waals surface area contributed by atoms with Gasteiger partial charge in [0.1, 0.15) is 5.82 Å². The van der Waals surface area contributed by atoms with Gasteiger partial charge in [0.05, 0.1) is 12.2 Å². The molecule has 1 saturated carbocycles. The molecule has 0 aromatic carbocycles. The smallest absolute Gasteiger partial charge is 0.191 e. The molecule has 1 aromatic rings. The van der Waals surface area contributed by atoms with Crippen molar-refractivity contribution in [3.8, 4) is 0 Å². The molecule has 23 heavy (non-hydrogen) atoms. The van der Waals surface area contributed by atoms with Gasteiger partial charge in [-0.2, -0.15) is 0 Å². The van der Waals surface area contributed by atoms with Gasteiger partial charge in [-0.3, -0.25) is 4.99 Å². The summed E-state index contributed by atoms with van der Waals surface area (Å²) in [5, 5.41) is 6.96. The van der Waals surface area contributed by atoms with Crippen molar-refractivity contribution in [2.45, 2.75) is 45.7 Å². The van der Waals surface area contributed by atoms with E-state index in [-0.39, 0.29) is 0 Å². The molecule has 1 aliphatic rings. The molecule has 1 aliphatic carbocycles. The maximum Gasteiger partial charge on any atom is 0.191 e. The molecule has 0 spiro atoms. The third-order valence-corrected chi connectivity index (χ3v) is 4.43. The number of hydrogen-bond donors (Lipinski definition) is 2. The summed E-state index contributed by atoms with van der Waals surface area (Å²) in [6, 6.07) is 6.61. The normalized spacial score (nSPS) is 25.1. The van der Waals surface area contributed by atoms with Crippen LogP contribution in [0.2, 0.25) is 0 Å². The lowest BCUT2D eigenvalue weighted by Crippen LogP contribution is -2.46. The fraction of sp³-hybridized carbons (Fsp3) is 0.667. The highest BCUT2D eigenvalue weighted by Gasteiger charge is 2.24. The quantitative estimate of drug-likeness (QED) is 0.662. The standard InChI is InChI=1S/C18H31N5/c1-13-9-14(2)11-16(10-13)22-18(19-3)20-12-15-7-6-8-17(21-15)23(4)5/h6-8,13-14,16H,9-12H2,1-5H3,(H2,19,20,22). The number of pyridine rings is 1. The lowest BCUT2D eigenvalue weighted by molar-refractivity contribution is 0.255. The highest BCUT2D eigenvalue weighted by Crippen LogP contribution is 2.28. The Morgan fingerprint density at radius 3 is 2.52 bits per heavy atom. The van der Waals surface area contributed by atoms with Gasteiger partial charge >= 0.3 is 0 Å². The van der Waals surface area contributed by atoms with E-state index in [0.717, 1.165) is 29.3 Å². The Labute approximate surface area is 140 Å². The molecule has 2 unspecified atom stereocenters. The second-order valence-corrected chi connectivity index (χ2v) is 7.07. The maximum atomic E-state index is 4.63. The number of nitrogens with zero attached hydrogens (tertiary/aromatic N) is 3. The minimum atomic E-state index is 0.515. The van der Waals surface area contributed by atoms with Crippen molar-refractivity contribution in [1.29, 1.82) is 0 Å². The molecule has 2 rings (SSSR count). The number of nitrogens with one attached hydrogen (secondary N) is 2. The van der Waals surface area contributed by atoms with E-state index in [9.17, 15) is 0 Å². The summed E-state index contributed by atoms with van der Waals surface area (Å²) in [5.74, 6) is 3.41. The predicted molar refractivity (Wildman–Crippen MR) is 97.9 cm³/mol. The number of rotatable bonds is 4. The molecular formula is C18H31N5. The van der Waals surface area contributed by atoms with Crippen molar-refractivity contribution >= 4 is 11.8 Å². The molecule has 5 nitrogen and oxygen atoms in total. The average molecular weight is 317 g/mol. The van der Waals surface area contributed by atoms with Crippen molar-refractivity contribution in [3.05, 3.63) is 23.9 Å². The molecule has 0 bridgehead atoms. The SMILES string of the molecule is CN=C(NCc1cccc(N(C)C)n1)NC1CC(C)CC(C)C1. The van der Waals surface area contributed by atoms with Crippen molar-refractivity contribution in [2.24, 2.45) is 16.8 Å². The van der Waals surface area contributed by atoms with Gasteiger partial charge in [0.25, 0.3) is 0 Å². The first-order valence-corrected chi connectivity index (χ1v) is 8.58. The second kappa shape index (κ2) is 8.18. The predicted octanol–water partition coefficient (Wildman–Crippen LogP) is 2.64. The minimum absolute atomic E-state index is 0.515. The zero-order valence-electron chi connectivity index (χ0n) is 15.1. The Balaban J connectivity index is 1.89. The Morgan fingerprint density at radius 2 is 1.91 bits per heavy atom. The van der Waals surface area contributed by atoms with Crippen LogP contribution in [-0.4, -0.2) is 38.1 Å². The molecule has 2 atom stereocenters. The van der Waals surface area contributed by atoms with Crippen LogP contribution in [0.1, 0.15) is 38.8 Å². The van der Waals surface area contributed by atoms with Gasteiger partial charge < -0.3 is 15.5 Å². The highest BCUT2D eigenvalue weighted by atomic mass is 15.2. The van der Waals surface area contributed by atoms with E-state index in [0.29, 0.717) is 12.6 Å². The van der Waals surface area contributed by atoms with E-state index in [2.05, 4.69) is 34.5 Å². The first-order chi connectivity index (χ1) is 11.0. The molecular weight excluding hydrogens is 286 g/mol. The van der Waals surface area contributed by atoms with Gasteiger partial charge in [0.15, 0.2) is 5.96 Å². The van der Waals surface area contributed by atoms with Crippen molar-refractivity contribution < 1.29 is 0 Å². The summed E-state index contributed by atoms with van der Waals surface area (Å²) in [7, 11) is 5.84. The van der Waals surface area contributed by atoms with Crippen molar-refractivity contribution in [2.75, 3.05) is 26.0 Å². The van der Waals surface area contributed by atoms with E-state index >= 15 is 0 Å². The van der Waals surface area contributed by atoms with Crippen LogP contribution in [0.25, 0.3) is 0 Å². The third kappa shape index (κ3) is 5.41. The molecule has 1 heterocycles. The molecule has 5 heteroatoms. The van der Waals surface area contributed by atoms with Gasteiger partial charge in [0.2, 0.25) is 0 Å². The fourth-order valence-electron chi connectivity index (χ4n) is 3.44. The van der Waals surface area contributed by atoms with Gasteiger partial charge in [-0.25, -0.2) is 4.98 Å². The Hall–Kier alpha value is -1.78. The summed E-state index contributed by atoms with van der Waals surface area (Å²) >= 11 is 0. The fourth-order valence-corrected chi connectivity index (χ4v) is 3.44. The second-order valence-electron chi connectivity index (χ2n) is 7.07. The molecule has 0 amide bonds. The molecule has 0 radical (unpaired) electrons. The van der Waals surface area contributed by atoms with Crippen LogP contribution in [0.3, 0.4) is 0 Å².